The summed E-state index contributed by atoms with van der Waals surface area (Å²) in [5, 5.41) is 4.21. The standard InChI is InChI=1S/C18H23N3O2/c1-13-18(23-17(22)20-13)7-10-21(11-8-18)9-6-14-12-19-16-5-3-2-4-15(14)16/h2-5,12-13,19H,6-11H2,1H3,(H,20,22). The third-order valence-corrected chi connectivity index (χ3v) is 5.49. The normalized spacial score (nSPS) is 24.0. The molecule has 2 aliphatic rings. The Bertz CT molecular complexity index is 716. The molecular weight excluding hydrogens is 290 g/mol. The van der Waals surface area contributed by atoms with Crippen molar-refractivity contribution in [3.63, 3.8) is 0 Å². The fourth-order valence-electron chi connectivity index (χ4n) is 3.92. The second kappa shape index (κ2) is 5.57. The van der Waals surface area contributed by atoms with Crippen LogP contribution in [0.1, 0.15) is 25.3 Å². The monoisotopic (exact) mass is 313 g/mol. The fourth-order valence-corrected chi connectivity index (χ4v) is 3.92. The van der Waals surface area contributed by atoms with Crippen LogP contribution >= 0.6 is 0 Å². The lowest BCUT2D eigenvalue weighted by Crippen LogP contribution is -2.51. The number of nitrogens with one attached hydrogen (secondary N) is 2. The Kier molecular flexibility index (Phi) is 3.53. The third-order valence-electron chi connectivity index (χ3n) is 5.49. The molecule has 1 amide bonds. The van der Waals surface area contributed by atoms with Crippen molar-refractivity contribution in [3.8, 4) is 0 Å². The van der Waals surface area contributed by atoms with Crippen LogP contribution in [0.15, 0.2) is 30.5 Å². The second-order valence-corrected chi connectivity index (χ2v) is 6.77. The topological polar surface area (TPSA) is 57.4 Å². The van der Waals surface area contributed by atoms with E-state index < -0.39 is 0 Å². The van der Waals surface area contributed by atoms with E-state index in [1.54, 1.807) is 0 Å². The van der Waals surface area contributed by atoms with Crippen LogP contribution in [0.4, 0.5) is 4.79 Å². The van der Waals surface area contributed by atoms with Gasteiger partial charge in [0, 0.05) is 49.6 Å². The molecule has 1 aromatic heterocycles. The van der Waals surface area contributed by atoms with Gasteiger partial charge in [-0.25, -0.2) is 4.79 Å². The van der Waals surface area contributed by atoms with E-state index in [4.69, 9.17) is 4.74 Å². The number of hydrogen-bond acceptors (Lipinski definition) is 3. The number of aromatic nitrogens is 1. The van der Waals surface area contributed by atoms with Gasteiger partial charge in [0.2, 0.25) is 0 Å². The van der Waals surface area contributed by atoms with E-state index in [1.165, 1.54) is 16.5 Å². The number of piperidine rings is 1. The maximum absolute atomic E-state index is 11.5. The van der Waals surface area contributed by atoms with Crippen molar-refractivity contribution in [1.82, 2.24) is 15.2 Å². The molecule has 2 aromatic rings. The molecule has 2 saturated heterocycles. The van der Waals surface area contributed by atoms with Gasteiger partial charge in [0.05, 0.1) is 6.04 Å². The summed E-state index contributed by atoms with van der Waals surface area (Å²) >= 11 is 0. The summed E-state index contributed by atoms with van der Waals surface area (Å²) in [6, 6.07) is 8.56. The van der Waals surface area contributed by atoms with Crippen molar-refractivity contribution in [3.05, 3.63) is 36.0 Å². The van der Waals surface area contributed by atoms with Gasteiger partial charge in [-0.1, -0.05) is 18.2 Å². The maximum Gasteiger partial charge on any atom is 0.408 e. The van der Waals surface area contributed by atoms with E-state index in [1.807, 2.05) is 6.92 Å². The molecule has 1 atom stereocenters. The minimum Gasteiger partial charge on any atom is -0.441 e. The van der Waals surface area contributed by atoms with Gasteiger partial charge < -0.3 is 19.9 Å². The van der Waals surface area contributed by atoms with Gasteiger partial charge in [-0.3, -0.25) is 0 Å². The highest BCUT2D eigenvalue weighted by Gasteiger charge is 2.48. The molecule has 3 heterocycles. The number of likely N-dealkylation sites (tertiary alicyclic amines) is 1. The minimum absolute atomic E-state index is 0.116. The van der Waals surface area contributed by atoms with E-state index in [-0.39, 0.29) is 17.7 Å². The number of aromatic amines is 1. The molecule has 1 aromatic carbocycles. The molecule has 1 spiro atoms. The highest BCUT2D eigenvalue weighted by atomic mass is 16.6. The molecule has 23 heavy (non-hydrogen) atoms. The molecule has 0 saturated carbocycles. The number of carbonyl (C=O) groups is 1. The lowest BCUT2D eigenvalue weighted by atomic mass is 9.85. The van der Waals surface area contributed by atoms with Gasteiger partial charge >= 0.3 is 6.09 Å². The van der Waals surface area contributed by atoms with E-state index in [9.17, 15) is 4.79 Å². The van der Waals surface area contributed by atoms with Crippen molar-refractivity contribution in [2.24, 2.45) is 0 Å². The van der Waals surface area contributed by atoms with Gasteiger partial charge in [0.25, 0.3) is 0 Å². The zero-order valence-electron chi connectivity index (χ0n) is 13.5. The average Bonchev–Trinajstić information content (AvgIpc) is 3.08. The Labute approximate surface area is 136 Å². The Morgan fingerprint density at radius 2 is 2.09 bits per heavy atom. The summed E-state index contributed by atoms with van der Waals surface area (Å²) in [6.07, 6.45) is 4.75. The van der Waals surface area contributed by atoms with Gasteiger partial charge in [-0.05, 0) is 25.0 Å². The summed E-state index contributed by atoms with van der Waals surface area (Å²) in [4.78, 5) is 17.3. The number of alkyl carbamates (subject to hydrolysis) is 1. The first-order valence-electron chi connectivity index (χ1n) is 8.43. The summed E-state index contributed by atoms with van der Waals surface area (Å²) in [7, 11) is 0. The first kappa shape index (κ1) is 14.6. The number of para-hydroxylation sites is 1. The number of nitrogens with zero attached hydrogens (tertiary/aromatic N) is 1. The van der Waals surface area contributed by atoms with Crippen molar-refractivity contribution >= 4 is 17.0 Å². The van der Waals surface area contributed by atoms with Crippen LogP contribution in [0.3, 0.4) is 0 Å². The number of fused-ring (bicyclic) bond motifs is 1. The van der Waals surface area contributed by atoms with Crippen LogP contribution < -0.4 is 5.32 Å². The summed E-state index contributed by atoms with van der Waals surface area (Å²) in [5.74, 6) is 0. The molecule has 5 heteroatoms. The van der Waals surface area contributed by atoms with Gasteiger partial charge in [-0.15, -0.1) is 0 Å². The summed E-state index contributed by atoms with van der Waals surface area (Å²) < 4.78 is 5.58. The highest BCUT2D eigenvalue weighted by Crippen LogP contribution is 2.33. The number of hydrogen-bond donors (Lipinski definition) is 2. The van der Waals surface area contributed by atoms with Crippen molar-refractivity contribution in [2.45, 2.75) is 37.8 Å². The van der Waals surface area contributed by atoms with E-state index >= 15 is 0 Å². The molecule has 2 aliphatic heterocycles. The zero-order chi connectivity index (χ0) is 15.9. The van der Waals surface area contributed by atoms with Gasteiger partial charge in [0.1, 0.15) is 5.60 Å². The highest BCUT2D eigenvalue weighted by molar-refractivity contribution is 5.83. The molecule has 0 bridgehead atoms. The molecule has 0 aliphatic carbocycles. The van der Waals surface area contributed by atoms with Crippen LogP contribution in [0.5, 0.6) is 0 Å². The third kappa shape index (κ3) is 2.59. The number of benzene rings is 1. The van der Waals surface area contributed by atoms with E-state index in [2.05, 4.69) is 45.7 Å². The molecule has 4 rings (SSSR count). The molecule has 0 radical (unpaired) electrons. The lowest BCUT2D eigenvalue weighted by Gasteiger charge is -2.39. The van der Waals surface area contributed by atoms with Crippen LogP contribution in [-0.2, 0) is 11.2 Å². The first-order chi connectivity index (χ1) is 11.2. The predicted molar refractivity (Wildman–Crippen MR) is 89.5 cm³/mol. The molecule has 2 N–H and O–H groups in total. The van der Waals surface area contributed by atoms with Crippen LogP contribution in [-0.4, -0.2) is 47.3 Å². The molecular formula is C18H23N3O2. The van der Waals surface area contributed by atoms with Gasteiger partial charge in [0.15, 0.2) is 0 Å². The van der Waals surface area contributed by atoms with E-state index in [0.717, 1.165) is 38.9 Å². The second-order valence-electron chi connectivity index (χ2n) is 6.77. The van der Waals surface area contributed by atoms with Crippen LogP contribution in [0.25, 0.3) is 10.9 Å². The average molecular weight is 313 g/mol. The smallest absolute Gasteiger partial charge is 0.408 e. The fraction of sp³-hybridized carbons (Fsp3) is 0.500. The predicted octanol–water partition coefficient (Wildman–Crippen LogP) is 2.67. The van der Waals surface area contributed by atoms with E-state index in [0.29, 0.717) is 0 Å². The Balaban J connectivity index is 1.36. The maximum atomic E-state index is 11.5. The zero-order valence-corrected chi connectivity index (χ0v) is 13.5. The summed E-state index contributed by atoms with van der Waals surface area (Å²) in [5.41, 5.74) is 2.30. The van der Waals surface area contributed by atoms with Gasteiger partial charge in [-0.2, -0.15) is 0 Å². The molecule has 1 unspecified atom stereocenters. The number of carbonyl (C=O) groups excluding carboxylic acids is 1. The Morgan fingerprint density at radius 1 is 1.30 bits per heavy atom. The summed E-state index contributed by atoms with van der Waals surface area (Å²) in [6.45, 7) is 5.07. The van der Waals surface area contributed by atoms with Crippen LogP contribution in [0.2, 0.25) is 0 Å². The number of ether oxygens (including phenoxy) is 1. The van der Waals surface area contributed by atoms with Crippen molar-refractivity contribution in [2.75, 3.05) is 19.6 Å². The number of rotatable bonds is 3. The Morgan fingerprint density at radius 3 is 2.83 bits per heavy atom. The number of H-pyrrole nitrogens is 1. The largest absolute Gasteiger partial charge is 0.441 e. The Hall–Kier alpha value is -2.01. The molecule has 122 valence electrons. The molecule has 5 nitrogen and oxygen atoms in total. The first-order valence-corrected chi connectivity index (χ1v) is 8.43. The molecule has 2 fully saturated rings. The van der Waals surface area contributed by atoms with Crippen LogP contribution in [0, 0.1) is 0 Å². The van der Waals surface area contributed by atoms with Crippen molar-refractivity contribution in [1.29, 1.82) is 0 Å². The quantitative estimate of drug-likeness (QED) is 0.916. The SMILES string of the molecule is CC1NC(=O)OC12CCN(CCc1c[nH]c3ccccc13)CC2. The van der Waals surface area contributed by atoms with Crippen molar-refractivity contribution < 1.29 is 9.53 Å². The minimum atomic E-state index is -0.283. The lowest BCUT2D eigenvalue weighted by molar-refractivity contribution is -0.0150. The number of amides is 1.